The third-order valence-electron chi connectivity index (χ3n) is 5.18. The van der Waals surface area contributed by atoms with Crippen LogP contribution in [0.2, 0.25) is 0 Å². The van der Waals surface area contributed by atoms with Crippen molar-refractivity contribution in [1.82, 2.24) is 19.7 Å². The van der Waals surface area contributed by atoms with Crippen LogP contribution in [0.5, 0.6) is 0 Å². The molecular formula is C22H22N4OS. The Bertz CT molecular complexity index is 1090. The van der Waals surface area contributed by atoms with E-state index in [1.165, 1.54) is 15.3 Å². The summed E-state index contributed by atoms with van der Waals surface area (Å²) < 4.78 is 7.93. The van der Waals surface area contributed by atoms with Gasteiger partial charge in [-0.3, -0.25) is 4.90 Å². The predicted molar refractivity (Wildman–Crippen MR) is 111 cm³/mol. The minimum atomic E-state index is -0.0464. The first-order valence-corrected chi connectivity index (χ1v) is 10.4. The lowest BCUT2D eigenvalue weighted by molar-refractivity contribution is -0.0340. The Kier molecular flexibility index (Phi) is 4.68. The normalized spacial score (nSPS) is 18.0. The first-order valence-electron chi connectivity index (χ1n) is 9.56. The summed E-state index contributed by atoms with van der Waals surface area (Å²) >= 11 is 1.87. The summed E-state index contributed by atoms with van der Waals surface area (Å²) in [5.74, 6) is 0. The van der Waals surface area contributed by atoms with Gasteiger partial charge in [-0.25, -0.2) is 4.52 Å². The molecule has 3 aromatic heterocycles. The molecule has 0 aliphatic carbocycles. The minimum absolute atomic E-state index is 0.0464. The summed E-state index contributed by atoms with van der Waals surface area (Å²) in [6.07, 6.45) is 1.99. The van der Waals surface area contributed by atoms with E-state index >= 15 is 0 Å². The number of morpholine rings is 1. The largest absolute Gasteiger partial charge is 0.369 e. The number of aryl methyl sites for hydroxylation is 1. The highest BCUT2D eigenvalue weighted by molar-refractivity contribution is 7.11. The van der Waals surface area contributed by atoms with Gasteiger partial charge in [0, 0.05) is 41.1 Å². The van der Waals surface area contributed by atoms with Gasteiger partial charge in [-0.15, -0.1) is 16.4 Å². The molecule has 0 bridgehead atoms. The molecule has 0 saturated carbocycles. The predicted octanol–water partition coefficient (Wildman–Crippen LogP) is 4.34. The van der Waals surface area contributed by atoms with Gasteiger partial charge in [0.1, 0.15) is 11.8 Å². The second kappa shape index (κ2) is 7.47. The van der Waals surface area contributed by atoms with Gasteiger partial charge >= 0.3 is 0 Å². The number of rotatable bonds is 4. The molecule has 1 fully saturated rings. The van der Waals surface area contributed by atoms with Gasteiger partial charge in [-0.1, -0.05) is 41.6 Å². The fourth-order valence-corrected chi connectivity index (χ4v) is 4.68. The zero-order chi connectivity index (χ0) is 18.9. The summed E-state index contributed by atoms with van der Waals surface area (Å²) in [6.45, 7) is 5.63. The number of benzene rings is 1. The average molecular weight is 391 g/mol. The molecule has 0 amide bonds. The molecule has 1 aliphatic rings. The summed E-state index contributed by atoms with van der Waals surface area (Å²) in [6, 6.07) is 19.0. The Balaban J connectivity index is 1.38. The van der Waals surface area contributed by atoms with Crippen molar-refractivity contribution in [2.75, 3.05) is 19.7 Å². The first kappa shape index (κ1) is 17.6. The van der Waals surface area contributed by atoms with Crippen molar-refractivity contribution in [1.29, 1.82) is 0 Å². The molecule has 5 nitrogen and oxygen atoms in total. The topological polar surface area (TPSA) is 42.7 Å². The molecule has 1 saturated heterocycles. The van der Waals surface area contributed by atoms with E-state index < -0.39 is 0 Å². The van der Waals surface area contributed by atoms with Crippen molar-refractivity contribution in [2.45, 2.75) is 19.6 Å². The highest BCUT2D eigenvalue weighted by Crippen LogP contribution is 2.28. The summed E-state index contributed by atoms with van der Waals surface area (Å²) in [4.78, 5) is 5.21. The lowest BCUT2D eigenvalue weighted by Crippen LogP contribution is -2.37. The van der Waals surface area contributed by atoms with Crippen LogP contribution in [0.1, 0.15) is 21.6 Å². The van der Waals surface area contributed by atoms with Crippen LogP contribution in [0.4, 0.5) is 0 Å². The zero-order valence-corrected chi connectivity index (χ0v) is 16.6. The SMILES string of the molecule is Cc1ccc(CN2CCO[C@H](c3nnn4cc(-c5ccccc5)ccc34)C2)s1. The van der Waals surface area contributed by atoms with E-state index in [9.17, 15) is 0 Å². The van der Waals surface area contributed by atoms with Crippen molar-refractivity contribution in [2.24, 2.45) is 0 Å². The van der Waals surface area contributed by atoms with Crippen LogP contribution in [-0.2, 0) is 11.3 Å². The number of ether oxygens (including phenoxy) is 1. The van der Waals surface area contributed by atoms with Crippen LogP contribution in [0.25, 0.3) is 16.6 Å². The van der Waals surface area contributed by atoms with Gasteiger partial charge < -0.3 is 4.74 Å². The molecule has 4 aromatic rings. The van der Waals surface area contributed by atoms with Gasteiger partial charge in [0.05, 0.1) is 12.1 Å². The number of pyridine rings is 1. The maximum Gasteiger partial charge on any atom is 0.121 e. The number of fused-ring (bicyclic) bond motifs is 1. The molecule has 0 radical (unpaired) electrons. The third kappa shape index (κ3) is 3.46. The van der Waals surface area contributed by atoms with Crippen molar-refractivity contribution in [3.63, 3.8) is 0 Å². The third-order valence-corrected chi connectivity index (χ3v) is 6.16. The zero-order valence-electron chi connectivity index (χ0n) is 15.8. The maximum absolute atomic E-state index is 6.06. The molecule has 5 rings (SSSR count). The highest BCUT2D eigenvalue weighted by Gasteiger charge is 2.26. The van der Waals surface area contributed by atoms with Gasteiger partial charge in [-0.2, -0.15) is 0 Å². The molecule has 1 atom stereocenters. The molecular weight excluding hydrogens is 368 g/mol. The summed E-state index contributed by atoms with van der Waals surface area (Å²) in [5.41, 5.74) is 4.24. The Hall–Kier alpha value is -2.54. The minimum Gasteiger partial charge on any atom is -0.369 e. The monoisotopic (exact) mass is 390 g/mol. The number of hydrogen-bond donors (Lipinski definition) is 0. The average Bonchev–Trinajstić information content (AvgIpc) is 3.34. The van der Waals surface area contributed by atoms with Crippen molar-refractivity contribution < 1.29 is 4.74 Å². The van der Waals surface area contributed by atoms with E-state index in [1.807, 2.05) is 40.2 Å². The van der Waals surface area contributed by atoms with E-state index in [1.54, 1.807) is 0 Å². The molecule has 0 spiro atoms. The lowest BCUT2D eigenvalue weighted by atomic mass is 10.1. The number of aromatic nitrogens is 3. The van der Waals surface area contributed by atoms with E-state index in [0.717, 1.165) is 43.0 Å². The maximum atomic E-state index is 6.06. The molecule has 6 heteroatoms. The van der Waals surface area contributed by atoms with Crippen LogP contribution < -0.4 is 0 Å². The molecule has 142 valence electrons. The highest BCUT2D eigenvalue weighted by atomic mass is 32.1. The Morgan fingerprint density at radius 3 is 2.79 bits per heavy atom. The second-order valence-corrected chi connectivity index (χ2v) is 8.57. The fraction of sp³-hybridized carbons (Fsp3) is 0.273. The lowest BCUT2D eigenvalue weighted by Gasteiger charge is -2.31. The van der Waals surface area contributed by atoms with Crippen molar-refractivity contribution >= 4 is 16.9 Å². The van der Waals surface area contributed by atoms with Gasteiger partial charge in [0.2, 0.25) is 0 Å². The standard InChI is InChI=1S/C22H22N4OS/c1-16-7-9-19(28-16)14-25-11-12-27-21(15-25)22-20-10-8-18(13-26(20)24-23-22)17-5-3-2-4-6-17/h2-10,13,21H,11-12,14-15H2,1H3/t21-/m0/s1. The number of thiophene rings is 1. The summed E-state index contributed by atoms with van der Waals surface area (Å²) in [7, 11) is 0. The van der Waals surface area contributed by atoms with E-state index in [2.05, 4.69) is 58.5 Å². The van der Waals surface area contributed by atoms with Crippen LogP contribution in [0.3, 0.4) is 0 Å². The Morgan fingerprint density at radius 1 is 1.07 bits per heavy atom. The van der Waals surface area contributed by atoms with Crippen molar-refractivity contribution in [3.8, 4) is 11.1 Å². The van der Waals surface area contributed by atoms with Crippen LogP contribution in [0.15, 0.2) is 60.8 Å². The van der Waals surface area contributed by atoms with E-state index in [-0.39, 0.29) is 6.10 Å². The smallest absolute Gasteiger partial charge is 0.121 e. The molecule has 1 aliphatic heterocycles. The number of nitrogens with zero attached hydrogens (tertiary/aromatic N) is 4. The number of hydrogen-bond acceptors (Lipinski definition) is 5. The molecule has 1 aromatic carbocycles. The van der Waals surface area contributed by atoms with Gasteiger partial charge in [0.15, 0.2) is 0 Å². The molecule has 4 heterocycles. The van der Waals surface area contributed by atoms with E-state index in [0.29, 0.717) is 0 Å². The fourth-order valence-electron chi connectivity index (χ4n) is 3.75. The summed E-state index contributed by atoms with van der Waals surface area (Å²) in [5, 5.41) is 8.83. The first-order chi connectivity index (χ1) is 13.8. The molecule has 0 N–H and O–H groups in total. The van der Waals surface area contributed by atoms with Crippen LogP contribution in [-0.4, -0.2) is 39.4 Å². The Morgan fingerprint density at radius 2 is 1.96 bits per heavy atom. The second-order valence-electron chi connectivity index (χ2n) is 7.20. The molecule has 0 unspecified atom stereocenters. The van der Waals surface area contributed by atoms with E-state index in [4.69, 9.17) is 4.74 Å². The van der Waals surface area contributed by atoms with Crippen LogP contribution >= 0.6 is 11.3 Å². The van der Waals surface area contributed by atoms with Crippen LogP contribution in [0, 0.1) is 6.92 Å². The van der Waals surface area contributed by atoms with Crippen molar-refractivity contribution in [3.05, 3.63) is 76.2 Å². The molecule has 28 heavy (non-hydrogen) atoms. The van der Waals surface area contributed by atoms with Gasteiger partial charge in [0.25, 0.3) is 0 Å². The quantitative estimate of drug-likeness (QED) is 0.520. The Labute approximate surface area is 168 Å². The van der Waals surface area contributed by atoms with Gasteiger partial charge in [-0.05, 0) is 30.7 Å².